The molecule has 0 aliphatic rings. The summed E-state index contributed by atoms with van der Waals surface area (Å²) in [6.07, 6.45) is 0. The number of hydrogen-bond donors (Lipinski definition) is 2. The van der Waals surface area contributed by atoms with Crippen LogP contribution in [0.1, 0.15) is 21.5 Å². The van der Waals surface area contributed by atoms with Gasteiger partial charge in [-0.25, -0.2) is 0 Å². The Kier molecular flexibility index (Phi) is 4.35. The second-order valence-corrected chi connectivity index (χ2v) is 5.81. The lowest BCUT2D eigenvalue weighted by molar-refractivity contribution is 0.102. The fraction of sp³-hybridized carbons (Fsp3) is 0.133. The first kappa shape index (κ1) is 14.9. The molecule has 2 rings (SSSR count). The zero-order valence-electron chi connectivity index (χ0n) is 11.1. The Labute approximate surface area is 131 Å². The van der Waals surface area contributed by atoms with Crippen molar-refractivity contribution in [2.45, 2.75) is 13.8 Å². The van der Waals surface area contributed by atoms with E-state index in [1.165, 1.54) is 0 Å². The largest absolute Gasteiger partial charge is 0.398 e. The van der Waals surface area contributed by atoms with Crippen LogP contribution in [-0.4, -0.2) is 5.91 Å². The van der Waals surface area contributed by atoms with Crippen molar-refractivity contribution in [3.8, 4) is 0 Å². The predicted octanol–water partition coefficient (Wildman–Crippen LogP) is 4.55. The van der Waals surface area contributed by atoms with E-state index in [0.29, 0.717) is 26.4 Å². The van der Waals surface area contributed by atoms with E-state index in [9.17, 15) is 4.79 Å². The highest BCUT2D eigenvalue weighted by Crippen LogP contribution is 2.28. The fourth-order valence-electron chi connectivity index (χ4n) is 1.87. The number of nitrogens with one attached hydrogen (secondary N) is 1. The van der Waals surface area contributed by atoms with E-state index < -0.39 is 0 Å². The molecule has 0 saturated heterocycles. The molecule has 0 aliphatic heterocycles. The molecule has 0 heterocycles. The van der Waals surface area contributed by atoms with Crippen molar-refractivity contribution >= 4 is 44.8 Å². The lowest BCUT2D eigenvalue weighted by Crippen LogP contribution is -2.14. The molecule has 0 aromatic heterocycles. The van der Waals surface area contributed by atoms with E-state index in [1.807, 2.05) is 19.9 Å². The summed E-state index contributed by atoms with van der Waals surface area (Å²) in [5, 5.41) is 3.23. The van der Waals surface area contributed by atoms with Crippen LogP contribution in [0.4, 0.5) is 11.4 Å². The van der Waals surface area contributed by atoms with E-state index >= 15 is 0 Å². The Morgan fingerprint density at radius 3 is 2.65 bits per heavy atom. The van der Waals surface area contributed by atoms with Crippen LogP contribution in [0.3, 0.4) is 0 Å². The molecular formula is C15H14BrClN2O. The summed E-state index contributed by atoms with van der Waals surface area (Å²) in [5.41, 5.74) is 9.56. The summed E-state index contributed by atoms with van der Waals surface area (Å²) in [4.78, 5) is 12.3. The third-order valence-electron chi connectivity index (χ3n) is 3.06. The lowest BCUT2D eigenvalue weighted by Gasteiger charge is -2.12. The van der Waals surface area contributed by atoms with Crippen LogP contribution >= 0.6 is 27.5 Å². The molecule has 1 amide bonds. The minimum absolute atomic E-state index is 0.261. The van der Waals surface area contributed by atoms with Gasteiger partial charge < -0.3 is 11.1 Å². The van der Waals surface area contributed by atoms with Gasteiger partial charge in [0.2, 0.25) is 0 Å². The van der Waals surface area contributed by atoms with Crippen LogP contribution in [-0.2, 0) is 0 Å². The molecule has 0 bridgehead atoms. The van der Waals surface area contributed by atoms with Gasteiger partial charge in [-0.3, -0.25) is 4.79 Å². The molecule has 3 N–H and O–H groups in total. The van der Waals surface area contributed by atoms with Gasteiger partial charge in [-0.2, -0.15) is 0 Å². The van der Waals surface area contributed by atoms with Gasteiger partial charge >= 0.3 is 0 Å². The number of anilines is 2. The molecule has 3 nitrogen and oxygen atoms in total. The molecule has 104 valence electrons. The van der Waals surface area contributed by atoms with E-state index in [4.69, 9.17) is 17.3 Å². The number of carbonyl (C=O) groups is 1. The summed E-state index contributed by atoms with van der Waals surface area (Å²) in [7, 11) is 0. The van der Waals surface area contributed by atoms with E-state index in [0.717, 1.165) is 11.1 Å². The second kappa shape index (κ2) is 5.85. The predicted molar refractivity (Wildman–Crippen MR) is 87.4 cm³/mol. The van der Waals surface area contributed by atoms with Crippen molar-refractivity contribution in [2.24, 2.45) is 0 Å². The van der Waals surface area contributed by atoms with Crippen LogP contribution in [0.2, 0.25) is 5.02 Å². The summed E-state index contributed by atoms with van der Waals surface area (Å²) >= 11 is 9.42. The number of benzene rings is 2. The number of aryl methyl sites for hydroxylation is 2. The monoisotopic (exact) mass is 352 g/mol. The zero-order valence-corrected chi connectivity index (χ0v) is 13.5. The van der Waals surface area contributed by atoms with Gasteiger partial charge in [-0.05, 0) is 59.1 Å². The SMILES string of the molecule is Cc1cc(C)c(NC(=O)c2cccc(Br)c2Cl)cc1N. The number of rotatable bonds is 2. The Morgan fingerprint density at radius 1 is 1.25 bits per heavy atom. The minimum atomic E-state index is -0.261. The summed E-state index contributed by atoms with van der Waals surface area (Å²) in [6, 6.07) is 8.92. The summed E-state index contributed by atoms with van der Waals surface area (Å²) in [6.45, 7) is 3.85. The third-order valence-corrected chi connectivity index (χ3v) is 4.35. The van der Waals surface area contributed by atoms with Crippen molar-refractivity contribution in [1.82, 2.24) is 0 Å². The number of hydrogen-bond acceptors (Lipinski definition) is 2. The van der Waals surface area contributed by atoms with Gasteiger partial charge in [0.05, 0.1) is 10.6 Å². The van der Waals surface area contributed by atoms with Crippen LogP contribution in [0.15, 0.2) is 34.8 Å². The molecule has 0 saturated carbocycles. The molecule has 2 aromatic rings. The topological polar surface area (TPSA) is 55.1 Å². The van der Waals surface area contributed by atoms with Gasteiger partial charge in [0.1, 0.15) is 0 Å². The molecule has 20 heavy (non-hydrogen) atoms. The average Bonchev–Trinajstić information content (AvgIpc) is 2.39. The number of amides is 1. The summed E-state index contributed by atoms with van der Waals surface area (Å²) < 4.78 is 0.687. The van der Waals surface area contributed by atoms with Crippen LogP contribution in [0.25, 0.3) is 0 Å². The molecular weight excluding hydrogens is 340 g/mol. The fourth-order valence-corrected chi connectivity index (χ4v) is 2.45. The van der Waals surface area contributed by atoms with E-state index in [1.54, 1.807) is 24.3 Å². The lowest BCUT2D eigenvalue weighted by atomic mass is 10.1. The highest BCUT2D eigenvalue weighted by Gasteiger charge is 2.14. The maximum absolute atomic E-state index is 12.3. The van der Waals surface area contributed by atoms with Gasteiger partial charge in [0.15, 0.2) is 0 Å². The summed E-state index contributed by atoms with van der Waals surface area (Å²) in [5.74, 6) is -0.261. The molecule has 0 unspecified atom stereocenters. The van der Waals surface area contributed by atoms with Crippen molar-refractivity contribution in [3.05, 3.63) is 56.5 Å². The van der Waals surface area contributed by atoms with Gasteiger partial charge in [0, 0.05) is 15.8 Å². The third kappa shape index (κ3) is 2.97. The molecule has 0 aliphatic carbocycles. The maximum Gasteiger partial charge on any atom is 0.257 e. The number of nitrogen functional groups attached to an aromatic ring is 1. The standard InChI is InChI=1S/C15H14BrClN2O/c1-8-6-9(2)13(7-12(8)18)19-15(20)10-4-3-5-11(16)14(10)17/h3-7H,18H2,1-2H3,(H,19,20). The first-order valence-corrected chi connectivity index (χ1v) is 7.19. The zero-order chi connectivity index (χ0) is 14.9. The molecule has 0 spiro atoms. The van der Waals surface area contributed by atoms with Crippen LogP contribution in [0, 0.1) is 13.8 Å². The van der Waals surface area contributed by atoms with E-state index in [2.05, 4.69) is 21.2 Å². The Morgan fingerprint density at radius 2 is 1.95 bits per heavy atom. The first-order valence-electron chi connectivity index (χ1n) is 6.02. The molecule has 2 aromatic carbocycles. The van der Waals surface area contributed by atoms with Gasteiger partial charge in [-0.1, -0.05) is 23.7 Å². The second-order valence-electron chi connectivity index (χ2n) is 4.58. The van der Waals surface area contributed by atoms with Crippen molar-refractivity contribution in [2.75, 3.05) is 11.1 Å². The highest BCUT2D eigenvalue weighted by molar-refractivity contribution is 9.10. The molecule has 0 fully saturated rings. The Balaban J connectivity index is 2.33. The highest BCUT2D eigenvalue weighted by atomic mass is 79.9. The number of halogens is 2. The molecule has 5 heteroatoms. The average molecular weight is 354 g/mol. The van der Waals surface area contributed by atoms with E-state index in [-0.39, 0.29) is 5.91 Å². The van der Waals surface area contributed by atoms with Crippen LogP contribution < -0.4 is 11.1 Å². The normalized spacial score (nSPS) is 10.4. The first-order chi connectivity index (χ1) is 9.40. The minimum Gasteiger partial charge on any atom is -0.398 e. The van der Waals surface area contributed by atoms with Gasteiger partial charge in [-0.15, -0.1) is 0 Å². The molecule has 0 radical (unpaired) electrons. The quantitative estimate of drug-likeness (QED) is 0.778. The van der Waals surface area contributed by atoms with Crippen LogP contribution in [0.5, 0.6) is 0 Å². The Bertz CT molecular complexity index is 686. The van der Waals surface area contributed by atoms with Gasteiger partial charge in [0.25, 0.3) is 5.91 Å². The Hall–Kier alpha value is -1.52. The maximum atomic E-state index is 12.3. The smallest absolute Gasteiger partial charge is 0.257 e. The van der Waals surface area contributed by atoms with Crippen molar-refractivity contribution in [3.63, 3.8) is 0 Å². The van der Waals surface area contributed by atoms with Crippen molar-refractivity contribution < 1.29 is 4.79 Å². The van der Waals surface area contributed by atoms with Crippen molar-refractivity contribution in [1.29, 1.82) is 0 Å². The number of carbonyl (C=O) groups excluding carboxylic acids is 1. The number of nitrogens with two attached hydrogens (primary N) is 1. The molecule has 0 atom stereocenters.